The first-order valence-electron chi connectivity index (χ1n) is 6.47. The second kappa shape index (κ2) is 6.10. The highest BCUT2D eigenvalue weighted by Gasteiger charge is 2.14. The highest BCUT2D eigenvalue weighted by molar-refractivity contribution is 6.31. The standard InChI is InChI=1S/C14H17Cl2FN2/c1-3-9(2)8-19-13-6-10(16)11(17)7-12(13)18-14(19)4-5-15/h6-7,9H,3-5,8H2,1-2H3. The van der Waals surface area contributed by atoms with E-state index in [0.717, 1.165) is 24.3 Å². The van der Waals surface area contributed by atoms with Gasteiger partial charge in [0.25, 0.3) is 0 Å². The van der Waals surface area contributed by atoms with E-state index in [1.807, 2.05) is 0 Å². The summed E-state index contributed by atoms with van der Waals surface area (Å²) in [5.74, 6) is 1.49. The molecule has 1 aromatic heterocycles. The van der Waals surface area contributed by atoms with E-state index >= 15 is 0 Å². The molecule has 0 aliphatic rings. The molecule has 1 atom stereocenters. The van der Waals surface area contributed by atoms with Gasteiger partial charge in [-0.1, -0.05) is 31.9 Å². The highest BCUT2D eigenvalue weighted by atomic mass is 35.5. The Labute approximate surface area is 122 Å². The summed E-state index contributed by atoms with van der Waals surface area (Å²) in [7, 11) is 0. The van der Waals surface area contributed by atoms with Gasteiger partial charge in [0, 0.05) is 24.9 Å². The molecule has 0 spiro atoms. The van der Waals surface area contributed by atoms with Crippen LogP contribution in [0.3, 0.4) is 0 Å². The van der Waals surface area contributed by atoms with Gasteiger partial charge in [0.2, 0.25) is 0 Å². The van der Waals surface area contributed by atoms with E-state index in [-0.39, 0.29) is 5.02 Å². The van der Waals surface area contributed by atoms with Crippen molar-refractivity contribution in [2.24, 2.45) is 5.92 Å². The molecule has 0 saturated heterocycles. The summed E-state index contributed by atoms with van der Waals surface area (Å²) in [4.78, 5) is 4.47. The summed E-state index contributed by atoms with van der Waals surface area (Å²) in [6.45, 7) is 5.18. The van der Waals surface area contributed by atoms with Gasteiger partial charge in [0.1, 0.15) is 11.6 Å². The predicted molar refractivity (Wildman–Crippen MR) is 78.6 cm³/mol. The van der Waals surface area contributed by atoms with Crippen LogP contribution in [0.1, 0.15) is 26.1 Å². The molecule has 0 aliphatic heterocycles. The Morgan fingerprint density at radius 1 is 1.42 bits per heavy atom. The number of rotatable bonds is 5. The first kappa shape index (κ1) is 14.6. The Bertz CT molecular complexity index is 580. The Morgan fingerprint density at radius 2 is 2.16 bits per heavy atom. The van der Waals surface area contributed by atoms with E-state index in [2.05, 4.69) is 23.4 Å². The molecule has 0 aliphatic carbocycles. The van der Waals surface area contributed by atoms with Crippen LogP contribution in [-0.2, 0) is 13.0 Å². The molecule has 0 fully saturated rings. The minimum absolute atomic E-state index is 0.134. The summed E-state index contributed by atoms with van der Waals surface area (Å²) >= 11 is 11.7. The third kappa shape index (κ3) is 3.03. The van der Waals surface area contributed by atoms with Crippen molar-refractivity contribution in [3.8, 4) is 0 Å². The fourth-order valence-corrected chi connectivity index (χ4v) is 2.42. The average molecular weight is 303 g/mol. The number of benzene rings is 1. The molecule has 0 saturated carbocycles. The third-order valence-electron chi connectivity index (χ3n) is 3.38. The monoisotopic (exact) mass is 302 g/mol. The van der Waals surface area contributed by atoms with Crippen LogP contribution in [0, 0.1) is 11.7 Å². The molecule has 2 nitrogen and oxygen atoms in total. The lowest BCUT2D eigenvalue weighted by Gasteiger charge is -2.13. The molecular formula is C14H17Cl2FN2. The zero-order chi connectivity index (χ0) is 14.0. The summed E-state index contributed by atoms with van der Waals surface area (Å²) < 4.78 is 15.6. The maximum atomic E-state index is 13.5. The SMILES string of the molecule is CCC(C)Cn1c(CCCl)nc2cc(F)c(Cl)cc21. The fraction of sp³-hybridized carbons (Fsp3) is 0.500. The lowest BCUT2D eigenvalue weighted by atomic mass is 10.1. The van der Waals surface area contributed by atoms with Crippen molar-refractivity contribution in [2.75, 3.05) is 5.88 Å². The van der Waals surface area contributed by atoms with Gasteiger partial charge in [0.05, 0.1) is 16.1 Å². The van der Waals surface area contributed by atoms with Crippen LogP contribution in [-0.4, -0.2) is 15.4 Å². The number of hydrogen-bond donors (Lipinski definition) is 0. The lowest BCUT2D eigenvalue weighted by Crippen LogP contribution is -2.10. The van der Waals surface area contributed by atoms with E-state index in [0.29, 0.717) is 23.7 Å². The zero-order valence-electron chi connectivity index (χ0n) is 11.1. The van der Waals surface area contributed by atoms with E-state index in [9.17, 15) is 4.39 Å². The van der Waals surface area contributed by atoms with Gasteiger partial charge in [-0.25, -0.2) is 9.37 Å². The molecular weight excluding hydrogens is 286 g/mol. The van der Waals surface area contributed by atoms with Gasteiger partial charge >= 0.3 is 0 Å². The summed E-state index contributed by atoms with van der Waals surface area (Å²) in [6.07, 6.45) is 1.75. The minimum Gasteiger partial charge on any atom is -0.328 e. The quantitative estimate of drug-likeness (QED) is 0.735. The molecule has 0 N–H and O–H groups in total. The summed E-state index contributed by atoms with van der Waals surface area (Å²) in [6, 6.07) is 3.04. The molecule has 0 bridgehead atoms. The van der Waals surface area contributed by atoms with Gasteiger partial charge < -0.3 is 4.57 Å². The summed E-state index contributed by atoms with van der Waals surface area (Å²) in [5, 5.41) is 0.134. The molecule has 1 unspecified atom stereocenters. The molecule has 2 rings (SSSR count). The van der Waals surface area contributed by atoms with Gasteiger partial charge in [-0.2, -0.15) is 0 Å². The number of fused-ring (bicyclic) bond motifs is 1. The fourth-order valence-electron chi connectivity index (χ4n) is 2.09. The zero-order valence-corrected chi connectivity index (χ0v) is 12.6. The summed E-state index contributed by atoms with van der Waals surface area (Å²) in [5.41, 5.74) is 1.53. The number of aromatic nitrogens is 2. The van der Waals surface area contributed by atoms with E-state index in [4.69, 9.17) is 23.2 Å². The van der Waals surface area contributed by atoms with Crippen LogP contribution in [0.2, 0.25) is 5.02 Å². The molecule has 104 valence electrons. The number of nitrogens with zero attached hydrogens (tertiary/aromatic N) is 2. The molecule has 2 aromatic rings. The maximum absolute atomic E-state index is 13.5. The first-order valence-corrected chi connectivity index (χ1v) is 7.38. The van der Waals surface area contributed by atoms with Gasteiger partial charge in [-0.15, -0.1) is 11.6 Å². The van der Waals surface area contributed by atoms with E-state index in [1.165, 1.54) is 6.07 Å². The topological polar surface area (TPSA) is 17.8 Å². The van der Waals surface area contributed by atoms with Crippen LogP contribution in [0.5, 0.6) is 0 Å². The smallest absolute Gasteiger partial charge is 0.144 e. The van der Waals surface area contributed by atoms with Gasteiger partial charge in [0.15, 0.2) is 0 Å². The van der Waals surface area contributed by atoms with E-state index in [1.54, 1.807) is 6.07 Å². The van der Waals surface area contributed by atoms with Crippen molar-refractivity contribution >= 4 is 34.2 Å². The van der Waals surface area contributed by atoms with Crippen LogP contribution < -0.4 is 0 Å². The average Bonchev–Trinajstić information content (AvgIpc) is 2.68. The van der Waals surface area contributed by atoms with Crippen molar-refractivity contribution in [3.05, 3.63) is 28.8 Å². The number of imidazole rings is 1. The second-order valence-electron chi connectivity index (χ2n) is 4.85. The second-order valence-corrected chi connectivity index (χ2v) is 5.63. The molecule has 0 amide bonds. The Balaban J connectivity index is 2.55. The first-order chi connectivity index (χ1) is 9.06. The van der Waals surface area contributed by atoms with Crippen molar-refractivity contribution < 1.29 is 4.39 Å². The normalized spacial score (nSPS) is 13.1. The number of hydrogen-bond acceptors (Lipinski definition) is 1. The molecule has 19 heavy (non-hydrogen) atoms. The molecule has 1 aromatic carbocycles. The Morgan fingerprint density at radius 3 is 2.79 bits per heavy atom. The van der Waals surface area contributed by atoms with Gasteiger partial charge in [-0.3, -0.25) is 0 Å². The molecule has 0 radical (unpaired) electrons. The number of aryl methyl sites for hydroxylation is 1. The van der Waals surface area contributed by atoms with Crippen LogP contribution in [0.25, 0.3) is 11.0 Å². The highest BCUT2D eigenvalue weighted by Crippen LogP contribution is 2.25. The van der Waals surface area contributed by atoms with Gasteiger partial charge in [-0.05, 0) is 12.0 Å². The Hall–Kier alpha value is -0.800. The maximum Gasteiger partial charge on any atom is 0.144 e. The largest absolute Gasteiger partial charge is 0.328 e. The lowest BCUT2D eigenvalue weighted by molar-refractivity contribution is 0.466. The van der Waals surface area contributed by atoms with Crippen molar-refractivity contribution in [3.63, 3.8) is 0 Å². The molecule has 1 heterocycles. The molecule has 5 heteroatoms. The van der Waals surface area contributed by atoms with Crippen molar-refractivity contribution in [2.45, 2.75) is 33.2 Å². The van der Waals surface area contributed by atoms with Crippen LogP contribution in [0.4, 0.5) is 4.39 Å². The van der Waals surface area contributed by atoms with Crippen molar-refractivity contribution in [1.29, 1.82) is 0 Å². The van der Waals surface area contributed by atoms with Crippen molar-refractivity contribution in [1.82, 2.24) is 9.55 Å². The van der Waals surface area contributed by atoms with E-state index < -0.39 is 5.82 Å². The van der Waals surface area contributed by atoms with Crippen LogP contribution >= 0.6 is 23.2 Å². The predicted octanol–water partition coefficient (Wildman–Crippen LogP) is 4.66. The number of alkyl halides is 1. The van der Waals surface area contributed by atoms with Crippen LogP contribution in [0.15, 0.2) is 12.1 Å². The number of halogens is 3. The minimum atomic E-state index is -0.431. The third-order valence-corrected chi connectivity index (χ3v) is 3.86. The Kier molecular flexibility index (Phi) is 4.69.